The van der Waals surface area contributed by atoms with Crippen LogP contribution in [0.25, 0.3) is 33.3 Å². The summed E-state index contributed by atoms with van der Waals surface area (Å²) in [6.07, 6.45) is 3.96. The Morgan fingerprint density at radius 3 is 2.61 bits per heavy atom. The second kappa shape index (κ2) is 7.99. The van der Waals surface area contributed by atoms with Crippen molar-refractivity contribution in [1.82, 2.24) is 25.0 Å². The lowest BCUT2D eigenvalue weighted by molar-refractivity contribution is 0.393. The molecule has 152 valence electrons. The molecule has 0 atom stereocenters. The first-order valence-corrected chi connectivity index (χ1v) is 10.1. The molecule has 31 heavy (non-hydrogen) atoms. The van der Waals surface area contributed by atoms with Crippen LogP contribution in [0.15, 0.2) is 79.1 Å². The summed E-state index contributed by atoms with van der Waals surface area (Å²) in [4.78, 5) is 4.84. The highest BCUT2D eigenvalue weighted by Gasteiger charge is 2.13. The third-order valence-electron chi connectivity index (χ3n) is 5.21. The molecule has 3 aromatic heterocycles. The third-order valence-corrected chi connectivity index (χ3v) is 5.21. The number of aryl methyl sites for hydroxylation is 1. The maximum atomic E-state index is 5.18. The molecule has 0 radical (unpaired) electrons. The Morgan fingerprint density at radius 2 is 1.77 bits per heavy atom. The van der Waals surface area contributed by atoms with E-state index in [-0.39, 0.29) is 0 Å². The normalized spacial score (nSPS) is 11.0. The van der Waals surface area contributed by atoms with Crippen LogP contribution in [0.1, 0.15) is 11.3 Å². The van der Waals surface area contributed by atoms with Gasteiger partial charge in [-0.15, -0.1) is 10.2 Å². The van der Waals surface area contributed by atoms with Gasteiger partial charge in [0.1, 0.15) is 0 Å². The molecule has 3 heterocycles. The van der Waals surface area contributed by atoms with Crippen molar-refractivity contribution in [3.05, 3.63) is 90.4 Å². The number of hydrogen-bond donors (Lipinski definition) is 0. The minimum atomic E-state index is 0.500. The number of ether oxygens (including phenoxy) is 1. The van der Waals surface area contributed by atoms with Gasteiger partial charge < -0.3 is 4.74 Å². The molecule has 6 heteroatoms. The largest absolute Gasteiger partial charge is 0.480 e. The number of hydrogen-bond acceptors (Lipinski definition) is 5. The molecule has 0 N–H and O–H groups in total. The van der Waals surface area contributed by atoms with Crippen molar-refractivity contribution in [1.29, 1.82) is 0 Å². The fraction of sp³-hybridized carbons (Fsp3) is 0.120. The van der Waals surface area contributed by atoms with Gasteiger partial charge in [-0.25, -0.2) is 0 Å². The Bertz CT molecular complexity index is 1360. The van der Waals surface area contributed by atoms with Gasteiger partial charge in [0.2, 0.25) is 5.88 Å². The molecular weight excluding hydrogens is 386 g/mol. The maximum Gasteiger partial charge on any atom is 0.233 e. The molecular formula is C25H21N5O. The number of rotatable bonds is 5. The number of methoxy groups -OCH3 is 1. The van der Waals surface area contributed by atoms with E-state index in [4.69, 9.17) is 9.72 Å². The molecule has 6 nitrogen and oxygen atoms in total. The first-order valence-electron chi connectivity index (χ1n) is 10.1. The summed E-state index contributed by atoms with van der Waals surface area (Å²) in [7, 11) is 1.59. The zero-order valence-corrected chi connectivity index (χ0v) is 17.4. The molecule has 2 aromatic carbocycles. The van der Waals surface area contributed by atoms with Crippen LogP contribution >= 0.6 is 0 Å². The fourth-order valence-corrected chi connectivity index (χ4v) is 3.63. The highest BCUT2D eigenvalue weighted by atomic mass is 16.5. The molecule has 0 fully saturated rings. The Hall–Kier alpha value is -4.06. The number of pyridine rings is 1. The standard InChI is InChI=1S/C25H21N5O/c1-17-8-11-22(21-14-26-30(16-21)15-18-6-4-3-5-7-18)25(27-17)20-10-9-19-13-24(31-2)29-28-23(19)12-20/h3-14,16H,15H2,1-2H3. The van der Waals surface area contributed by atoms with Crippen LogP contribution in [0.4, 0.5) is 0 Å². The summed E-state index contributed by atoms with van der Waals surface area (Å²) in [5.41, 5.74) is 6.91. The van der Waals surface area contributed by atoms with E-state index in [0.717, 1.165) is 45.5 Å². The Balaban J connectivity index is 1.54. The fourth-order valence-electron chi connectivity index (χ4n) is 3.63. The molecule has 0 saturated carbocycles. The average molecular weight is 407 g/mol. The van der Waals surface area contributed by atoms with Gasteiger partial charge in [-0.05, 0) is 24.6 Å². The van der Waals surface area contributed by atoms with Gasteiger partial charge in [0.05, 0.1) is 31.1 Å². The zero-order valence-electron chi connectivity index (χ0n) is 17.4. The van der Waals surface area contributed by atoms with Crippen molar-refractivity contribution >= 4 is 10.9 Å². The van der Waals surface area contributed by atoms with Crippen molar-refractivity contribution in [2.24, 2.45) is 0 Å². The van der Waals surface area contributed by atoms with Gasteiger partial charge in [0, 0.05) is 40.0 Å². The molecule has 5 rings (SSSR count). The summed E-state index contributed by atoms with van der Waals surface area (Å²) in [5.74, 6) is 0.500. The summed E-state index contributed by atoms with van der Waals surface area (Å²) in [5, 5.41) is 13.9. The molecule has 0 bridgehead atoms. The summed E-state index contributed by atoms with van der Waals surface area (Å²) < 4.78 is 7.13. The summed E-state index contributed by atoms with van der Waals surface area (Å²) in [6.45, 7) is 2.72. The first kappa shape index (κ1) is 18.9. The Morgan fingerprint density at radius 1 is 0.903 bits per heavy atom. The molecule has 0 aliphatic carbocycles. The lowest BCUT2D eigenvalue weighted by atomic mass is 10.00. The van der Waals surface area contributed by atoms with Crippen LogP contribution in [0.2, 0.25) is 0 Å². The monoisotopic (exact) mass is 407 g/mol. The van der Waals surface area contributed by atoms with Crippen molar-refractivity contribution in [3.8, 4) is 28.3 Å². The Kier molecular flexibility index (Phi) is 4.88. The lowest BCUT2D eigenvalue weighted by Crippen LogP contribution is -1.99. The van der Waals surface area contributed by atoms with E-state index >= 15 is 0 Å². The smallest absolute Gasteiger partial charge is 0.233 e. The molecule has 5 aromatic rings. The van der Waals surface area contributed by atoms with E-state index < -0.39 is 0 Å². The van der Waals surface area contributed by atoms with E-state index in [9.17, 15) is 0 Å². The van der Waals surface area contributed by atoms with E-state index in [2.05, 4.69) is 45.8 Å². The van der Waals surface area contributed by atoms with Crippen molar-refractivity contribution in [2.75, 3.05) is 7.11 Å². The minimum absolute atomic E-state index is 0.500. The molecule has 0 unspecified atom stereocenters. The highest BCUT2D eigenvalue weighted by Crippen LogP contribution is 2.32. The number of fused-ring (bicyclic) bond motifs is 1. The van der Waals surface area contributed by atoms with Crippen LogP contribution in [0.3, 0.4) is 0 Å². The van der Waals surface area contributed by atoms with Crippen molar-refractivity contribution < 1.29 is 4.74 Å². The van der Waals surface area contributed by atoms with E-state index in [1.807, 2.05) is 60.3 Å². The molecule has 0 amide bonds. The predicted octanol–water partition coefficient (Wildman–Crippen LogP) is 4.92. The molecule has 0 spiro atoms. The van der Waals surface area contributed by atoms with Crippen LogP contribution in [-0.4, -0.2) is 32.1 Å². The summed E-state index contributed by atoms with van der Waals surface area (Å²) >= 11 is 0. The second-order valence-electron chi connectivity index (χ2n) is 7.42. The van der Waals surface area contributed by atoms with Gasteiger partial charge >= 0.3 is 0 Å². The SMILES string of the molecule is COc1cc2ccc(-c3nc(C)ccc3-c3cnn(Cc4ccccc4)c3)cc2nn1. The number of aromatic nitrogens is 5. The van der Waals surface area contributed by atoms with Crippen molar-refractivity contribution in [2.45, 2.75) is 13.5 Å². The third kappa shape index (κ3) is 3.88. The highest BCUT2D eigenvalue weighted by molar-refractivity contribution is 5.88. The van der Waals surface area contributed by atoms with E-state index in [1.54, 1.807) is 7.11 Å². The zero-order chi connectivity index (χ0) is 21.2. The first-order chi connectivity index (χ1) is 15.2. The average Bonchev–Trinajstić information content (AvgIpc) is 3.27. The van der Waals surface area contributed by atoms with E-state index in [0.29, 0.717) is 5.88 Å². The van der Waals surface area contributed by atoms with Crippen molar-refractivity contribution in [3.63, 3.8) is 0 Å². The second-order valence-corrected chi connectivity index (χ2v) is 7.42. The van der Waals surface area contributed by atoms with Gasteiger partial charge in [0.15, 0.2) is 0 Å². The molecule has 0 aliphatic heterocycles. The molecule has 0 aliphatic rings. The van der Waals surface area contributed by atoms with Crippen LogP contribution < -0.4 is 4.74 Å². The maximum absolute atomic E-state index is 5.18. The van der Waals surface area contributed by atoms with Gasteiger partial charge in [0.25, 0.3) is 0 Å². The minimum Gasteiger partial charge on any atom is -0.480 e. The van der Waals surface area contributed by atoms with Gasteiger partial charge in [-0.2, -0.15) is 5.10 Å². The topological polar surface area (TPSA) is 65.7 Å². The number of benzene rings is 2. The predicted molar refractivity (Wildman–Crippen MR) is 121 cm³/mol. The van der Waals surface area contributed by atoms with Crippen LogP contribution in [-0.2, 0) is 6.54 Å². The lowest BCUT2D eigenvalue weighted by Gasteiger charge is -2.10. The van der Waals surface area contributed by atoms with Gasteiger partial charge in [-0.1, -0.05) is 48.5 Å². The number of nitrogens with zero attached hydrogens (tertiary/aromatic N) is 5. The van der Waals surface area contributed by atoms with Crippen LogP contribution in [0.5, 0.6) is 5.88 Å². The van der Waals surface area contributed by atoms with Crippen LogP contribution in [0, 0.1) is 6.92 Å². The van der Waals surface area contributed by atoms with E-state index in [1.165, 1.54) is 5.56 Å². The van der Waals surface area contributed by atoms with Gasteiger partial charge in [-0.3, -0.25) is 9.67 Å². The Labute approximate surface area is 180 Å². The summed E-state index contributed by atoms with van der Waals surface area (Å²) in [6, 6.07) is 22.4. The quantitative estimate of drug-likeness (QED) is 0.414. The molecule has 0 saturated heterocycles.